The first kappa shape index (κ1) is 18.0. The molecule has 0 aliphatic carbocycles. The zero-order chi connectivity index (χ0) is 18.7. The molecular formula is C21H23NO4. The Morgan fingerprint density at radius 3 is 2.54 bits per heavy atom. The number of hydrogen-bond acceptors (Lipinski definition) is 4. The number of furan rings is 1. The molecule has 0 saturated heterocycles. The number of esters is 1. The second kappa shape index (κ2) is 7.60. The Labute approximate surface area is 152 Å². The number of carbonyl (C=O) groups is 2. The van der Waals surface area contributed by atoms with Crippen molar-refractivity contribution in [3.05, 3.63) is 47.7 Å². The molecule has 26 heavy (non-hydrogen) atoms. The summed E-state index contributed by atoms with van der Waals surface area (Å²) in [6.45, 7) is 5.51. The molecular weight excluding hydrogens is 330 g/mol. The van der Waals surface area contributed by atoms with Crippen molar-refractivity contribution in [3.63, 3.8) is 0 Å². The van der Waals surface area contributed by atoms with Crippen LogP contribution in [-0.2, 0) is 9.53 Å². The summed E-state index contributed by atoms with van der Waals surface area (Å²) < 4.78 is 11.0. The zero-order valence-corrected chi connectivity index (χ0v) is 15.3. The van der Waals surface area contributed by atoms with Crippen LogP contribution in [0.3, 0.4) is 0 Å². The highest BCUT2D eigenvalue weighted by atomic mass is 16.5. The minimum atomic E-state index is -0.623. The van der Waals surface area contributed by atoms with Crippen LogP contribution < -0.4 is 5.32 Å². The van der Waals surface area contributed by atoms with Gasteiger partial charge in [-0.25, -0.2) is 4.79 Å². The standard InChI is InChI=1S/C21H23NO4/c1-4-15(5-2)22-18(23)12-25-21(24)19-13(3)16-11-10-14-8-6-7-9-17(14)20(16)26-19/h6-11,15H,4-5,12H2,1-3H3,(H,22,23). The summed E-state index contributed by atoms with van der Waals surface area (Å²) in [5.74, 6) is -0.777. The van der Waals surface area contributed by atoms with Gasteiger partial charge in [0.25, 0.3) is 5.91 Å². The van der Waals surface area contributed by atoms with E-state index in [2.05, 4.69) is 5.32 Å². The molecule has 0 atom stereocenters. The third kappa shape index (κ3) is 3.43. The lowest BCUT2D eigenvalue weighted by atomic mass is 10.1. The highest BCUT2D eigenvalue weighted by molar-refractivity contribution is 6.08. The molecule has 1 amide bonds. The maximum atomic E-state index is 12.4. The maximum Gasteiger partial charge on any atom is 0.375 e. The Morgan fingerprint density at radius 1 is 1.08 bits per heavy atom. The average molecular weight is 353 g/mol. The van der Waals surface area contributed by atoms with Gasteiger partial charge in [-0.1, -0.05) is 50.2 Å². The Kier molecular flexibility index (Phi) is 5.26. The number of aryl methyl sites for hydroxylation is 1. The molecule has 0 aliphatic rings. The highest BCUT2D eigenvalue weighted by Gasteiger charge is 2.21. The molecule has 0 bridgehead atoms. The number of carbonyl (C=O) groups excluding carboxylic acids is 2. The van der Waals surface area contributed by atoms with Crippen LogP contribution in [-0.4, -0.2) is 24.5 Å². The van der Waals surface area contributed by atoms with E-state index in [1.54, 1.807) is 0 Å². The van der Waals surface area contributed by atoms with Crippen molar-refractivity contribution < 1.29 is 18.7 Å². The lowest BCUT2D eigenvalue weighted by molar-refractivity contribution is -0.125. The number of rotatable bonds is 6. The molecule has 0 unspecified atom stereocenters. The van der Waals surface area contributed by atoms with Crippen molar-refractivity contribution in [3.8, 4) is 0 Å². The fraction of sp³-hybridized carbons (Fsp3) is 0.333. The smallest absolute Gasteiger partial charge is 0.375 e. The number of nitrogens with one attached hydrogen (secondary N) is 1. The van der Waals surface area contributed by atoms with Gasteiger partial charge in [-0.15, -0.1) is 0 Å². The van der Waals surface area contributed by atoms with E-state index < -0.39 is 5.97 Å². The number of fused-ring (bicyclic) bond motifs is 3. The molecule has 3 rings (SSSR count). The van der Waals surface area contributed by atoms with Gasteiger partial charge in [0.15, 0.2) is 6.61 Å². The molecule has 0 saturated carbocycles. The molecule has 5 nitrogen and oxygen atoms in total. The van der Waals surface area contributed by atoms with Crippen molar-refractivity contribution in [2.24, 2.45) is 0 Å². The topological polar surface area (TPSA) is 68.5 Å². The highest BCUT2D eigenvalue weighted by Crippen LogP contribution is 2.31. The third-order valence-corrected chi connectivity index (χ3v) is 4.70. The van der Waals surface area contributed by atoms with E-state index in [1.807, 2.05) is 57.2 Å². The van der Waals surface area contributed by atoms with E-state index in [9.17, 15) is 9.59 Å². The molecule has 0 radical (unpaired) electrons. The summed E-state index contributed by atoms with van der Waals surface area (Å²) in [6, 6.07) is 11.9. The van der Waals surface area contributed by atoms with Crippen molar-refractivity contribution in [2.45, 2.75) is 39.7 Å². The van der Waals surface area contributed by atoms with E-state index in [-0.39, 0.29) is 24.3 Å². The second-order valence-corrected chi connectivity index (χ2v) is 6.38. The monoisotopic (exact) mass is 353 g/mol. The predicted octanol–water partition coefficient (Wildman–Crippen LogP) is 4.36. The molecule has 1 aromatic heterocycles. The van der Waals surface area contributed by atoms with E-state index in [0.717, 1.165) is 34.6 Å². The number of hydrogen-bond donors (Lipinski definition) is 1. The summed E-state index contributed by atoms with van der Waals surface area (Å²) in [5, 5.41) is 5.70. The van der Waals surface area contributed by atoms with E-state index in [1.165, 1.54) is 0 Å². The first-order valence-corrected chi connectivity index (χ1v) is 8.92. The van der Waals surface area contributed by atoms with Gasteiger partial charge in [0.1, 0.15) is 5.58 Å². The molecule has 1 heterocycles. The number of ether oxygens (including phenoxy) is 1. The van der Waals surface area contributed by atoms with Crippen molar-refractivity contribution >= 4 is 33.6 Å². The molecule has 0 spiro atoms. The van der Waals surface area contributed by atoms with Gasteiger partial charge in [-0.3, -0.25) is 4.79 Å². The van der Waals surface area contributed by atoms with Gasteiger partial charge >= 0.3 is 5.97 Å². The van der Waals surface area contributed by atoms with Gasteiger partial charge < -0.3 is 14.5 Å². The Hall–Kier alpha value is -2.82. The molecule has 0 aliphatic heterocycles. The van der Waals surface area contributed by atoms with Gasteiger partial charge in [-0.05, 0) is 25.2 Å². The van der Waals surface area contributed by atoms with Gasteiger partial charge in [0.05, 0.1) is 0 Å². The minimum absolute atomic E-state index is 0.0977. The Bertz CT molecular complexity index is 953. The van der Waals surface area contributed by atoms with E-state index in [4.69, 9.17) is 9.15 Å². The second-order valence-electron chi connectivity index (χ2n) is 6.38. The van der Waals surface area contributed by atoms with Crippen LogP contribution in [0.5, 0.6) is 0 Å². The number of benzene rings is 2. The molecule has 136 valence electrons. The van der Waals surface area contributed by atoms with Crippen LogP contribution >= 0.6 is 0 Å². The first-order valence-electron chi connectivity index (χ1n) is 8.92. The van der Waals surface area contributed by atoms with E-state index in [0.29, 0.717) is 5.58 Å². The summed E-state index contributed by atoms with van der Waals surface area (Å²) in [4.78, 5) is 24.3. The molecule has 0 fully saturated rings. The van der Waals surface area contributed by atoms with Gasteiger partial charge in [-0.2, -0.15) is 0 Å². The van der Waals surface area contributed by atoms with Crippen LogP contribution in [0.1, 0.15) is 42.8 Å². The lowest BCUT2D eigenvalue weighted by Crippen LogP contribution is -2.36. The summed E-state index contributed by atoms with van der Waals surface area (Å²) in [7, 11) is 0. The van der Waals surface area contributed by atoms with Crippen LogP contribution in [0.25, 0.3) is 21.7 Å². The SMILES string of the molecule is CCC(CC)NC(=O)COC(=O)c1oc2c(ccc3ccccc32)c1C. The molecule has 3 aromatic rings. The summed E-state index contributed by atoms with van der Waals surface area (Å²) in [6.07, 6.45) is 1.68. The van der Waals surface area contributed by atoms with Gasteiger partial charge in [0, 0.05) is 22.4 Å². The predicted molar refractivity (Wildman–Crippen MR) is 101 cm³/mol. The van der Waals surface area contributed by atoms with E-state index >= 15 is 0 Å². The Morgan fingerprint density at radius 2 is 1.81 bits per heavy atom. The van der Waals surface area contributed by atoms with Crippen LogP contribution in [0.2, 0.25) is 0 Å². The molecule has 2 aromatic carbocycles. The Balaban J connectivity index is 1.79. The van der Waals surface area contributed by atoms with Crippen molar-refractivity contribution in [1.29, 1.82) is 0 Å². The third-order valence-electron chi connectivity index (χ3n) is 4.70. The maximum absolute atomic E-state index is 12.4. The largest absolute Gasteiger partial charge is 0.450 e. The fourth-order valence-corrected chi connectivity index (χ4v) is 3.10. The fourth-order valence-electron chi connectivity index (χ4n) is 3.10. The first-order chi connectivity index (χ1) is 12.5. The summed E-state index contributed by atoms with van der Waals surface area (Å²) >= 11 is 0. The minimum Gasteiger partial charge on any atom is -0.450 e. The number of amides is 1. The van der Waals surface area contributed by atoms with Crippen molar-refractivity contribution in [1.82, 2.24) is 5.32 Å². The molecule has 5 heteroatoms. The summed E-state index contributed by atoms with van der Waals surface area (Å²) in [5.41, 5.74) is 1.38. The van der Waals surface area contributed by atoms with Crippen LogP contribution in [0.15, 0.2) is 40.8 Å². The van der Waals surface area contributed by atoms with Crippen LogP contribution in [0, 0.1) is 6.92 Å². The zero-order valence-electron chi connectivity index (χ0n) is 15.3. The van der Waals surface area contributed by atoms with Gasteiger partial charge in [0.2, 0.25) is 5.76 Å². The van der Waals surface area contributed by atoms with Crippen molar-refractivity contribution in [2.75, 3.05) is 6.61 Å². The quantitative estimate of drug-likeness (QED) is 0.669. The average Bonchev–Trinajstić information content (AvgIpc) is 3.01. The molecule has 1 N–H and O–H groups in total. The normalized spacial score (nSPS) is 11.2. The van der Waals surface area contributed by atoms with Crippen LogP contribution in [0.4, 0.5) is 0 Å². The lowest BCUT2D eigenvalue weighted by Gasteiger charge is -2.14.